The number of nitrogens with zero attached hydrogens (tertiary/aromatic N) is 2. The van der Waals surface area contributed by atoms with Crippen molar-refractivity contribution in [2.45, 2.75) is 39.3 Å². The zero-order valence-corrected chi connectivity index (χ0v) is 13.6. The summed E-state index contributed by atoms with van der Waals surface area (Å²) in [5, 5.41) is 3.23. The zero-order chi connectivity index (χ0) is 14.1. The molecule has 1 aliphatic heterocycles. The Labute approximate surface area is 128 Å². The minimum Gasteiger partial charge on any atom is -0.330 e. The van der Waals surface area contributed by atoms with Crippen LogP contribution in [-0.4, -0.2) is 16.6 Å². The van der Waals surface area contributed by atoms with Crippen LogP contribution in [0.5, 0.6) is 0 Å². The van der Waals surface area contributed by atoms with Crippen LogP contribution >= 0.6 is 15.9 Å². The monoisotopic (exact) mass is 333 g/mol. The standard InChI is InChI=1S/C16H20BrN3/c1-11-6-7-12(17)9-13(11)16-14-5-3-4-8-20(14)15(19-16)10-18-2/h6-7,9,18H,3-5,8,10H2,1-2H3. The molecule has 0 saturated heterocycles. The molecular formula is C16H20BrN3. The quantitative estimate of drug-likeness (QED) is 0.928. The molecule has 0 aliphatic carbocycles. The number of halogens is 1. The van der Waals surface area contributed by atoms with Crippen molar-refractivity contribution in [1.29, 1.82) is 0 Å². The summed E-state index contributed by atoms with van der Waals surface area (Å²) < 4.78 is 3.53. The lowest BCUT2D eigenvalue weighted by atomic mass is 10.0. The maximum Gasteiger partial charge on any atom is 0.123 e. The third-order valence-electron chi connectivity index (χ3n) is 3.99. The predicted molar refractivity (Wildman–Crippen MR) is 85.8 cm³/mol. The Balaban J connectivity index is 2.15. The van der Waals surface area contributed by atoms with E-state index >= 15 is 0 Å². The van der Waals surface area contributed by atoms with Gasteiger partial charge in [0.2, 0.25) is 0 Å². The molecule has 3 rings (SSSR count). The highest BCUT2D eigenvalue weighted by molar-refractivity contribution is 9.10. The summed E-state index contributed by atoms with van der Waals surface area (Å²) in [5.74, 6) is 1.16. The molecule has 2 aromatic rings. The molecule has 3 nitrogen and oxygen atoms in total. The van der Waals surface area contributed by atoms with Crippen LogP contribution in [0.15, 0.2) is 22.7 Å². The average Bonchev–Trinajstić information content (AvgIpc) is 2.81. The first-order valence-electron chi connectivity index (χ1n) is 7.20. The summed E-state index contributed by atoms with van der Waals surface area (Å²) in [5.41, 5.74) is 5.12. The number of nitrogens with one attached hydrogen (secondary N) is 1. The summed E-state index contributed by atoms with van der Waals surface area (Å²) in [7, 11) is 1.98. The lowest BCUT2D eigenvalue weighted by molar-refractivity contribution is 0.508. The van der Waals surface area contributed by atoms with Gasteiger partial charge in [0, 0.05) is 22.3 Å². The van der Waals surface area contributed by atoms with Crippen LogP contribution in [0.3, 0.4) is 0 Å². The highest BCUT2D eigenvalue weighted by Gasteiger charge is 2.21. The Hall–Kier alpha value is -1.13. The van der Waals surface area contributed by atoms with Crippen LogP contribution in [0, 0.1) is 6.92 Å². The number of fused-ring (bicyclic) bond motifs is 1. The molecule has 0 saturated carbocycles. The molecule has 1 aromatic heterocycles. The maximum absolute atomic E-state index is 4.93. The maximum atomic E-state index is 4.93. The number of hydrogen-bond acceptors (Lipinski definition) is 2. The van der Waals surface area contributed by atoms with Crippen molar-refractivity contribution in [1.82, 2.24) is 14.9 Å². The number of hydrogen-bond donors (Lipinski definition) is 1. The van der Waals surface area contributed by atoms with Crippen molar-refractivity contribution in [3.05, 3.63) is 39.8 Å². The number of imidazole rings is 1. The van der Waals surface area contributed by atoms with Gasteiger partial charge in [-0.15, -0.1) is 0 Å². The molecule has 0 amide bonds. The van der Waals surface area contributed by atoms with Gasteiger partial charge in [-0.25, -0.2) is 4.98 Å². The zero-order valence-electron chi connectivity index (χ0n) is 12.0. The number of benzene rings is 1. The minimum atomic E-state index is 0.833. The fraction of sp³-hybridized carbons (Fsp3) is 0.438. The van der Waals surface area contributed by atoms with Gasteiger partial charge in [-0.3, -0.25) is 0 Å². The summed E-state index contributed by atoms with van der Waals surface area (Å²) in [6, 6.07) is 6.44. The molecule has 0 fully saturated rings. The van der Waals surface area contributed by atoms with E-state index in [0.29, 0.717) is 0 Å². The van der Waals surface area contributed by atoms with Gasteiger partial charge in [-0.2, -0.15) is 0 Å². The molecule has 0 spiro atoms. The van der Waals surface area contributed by atoms with Crippen molar-refractivity contribution in [3.63, 3.8) is 0 Å². The van der Waals surface area contributed by atoms with Gasteiger partial charge < -0.3 is 9.88 Å². The first-order chi connectivity index (χ1) is 9.70. The molecule has 20 heavy (non-hydrogen) atoms. The Bertz CT molecular complexity index is 631. The minimum absolute atomic E-state index is 0.833. The largest absolute Gasteiger partial charge is 0.330 e. The van der Waals surface area contributed by atoms with Gasteiger partial charge in [-0.1, -0.05) is 22.0 Å². The molecule has 0 bridgehead atoms. The van der Waals surface area contributed by atoms with E-state index in [-0.39, 0.29) is 0 Å². The van der Waals surface area contributed by atoms with Crippen LogP contribution in [0.1, 0.15) is 29.9 Å². The van der Waals surface area contributed by atoms with E-state index in [0.717, 1.165) is 29.8 Å². The number of aryl methyl sites for hydroxylation is 1. The van der Waals surface area contributed by atoms with Crippen molar-refractivity contribution >= 4 is 15.9 Å². The lowest BCUT2D eigenvalue weighted by Crippen LogP contribution is -2.16. The summed E-state index contributed by atoms with van der Waals surface area (Å²) in [4.78, 5) is 4.93. The van der Waals surface area contributed by atoms with Crippen molar-refractivity contribution in [3.8, 4) is 11.3 Å². The molecular weight excluding hydrogens is 314 g/mol. The van der Waals surface area contributed by atoms with Gasteiger partial charge in [0.15, 0.2) is 0 Å². The van der Waals surface area contributed by atoms with Gasteiger partial charge in [-0.05, 0) is 50.9 Å². The smallest absolute Gasteiger partial charge is 0.123 e. The topological polar surface area (TPSA) is 29.9 Å². The first kappa shape index (κ1) is 13.8. The van der Waals surface area contributed by atoms with E-state index < -0.39 is 0 Å². The highest BCUT2D eigenvalue weighted by Crippen LogP contribution is 2.32. The second-order valence-corrected chi connectivity index (χ2v) is 6.34. The second kappa shape index (κ2) is 5.70. The molecule has 0 radical (unpaired) electrons. The van der Waals surface area contributed by atoms with Crippen molar-refractivity contribution in [2.75, 3.05) is 7.05 Å². The van der Waals surface area contributed by atoms with Gasteiger partial charge in [0.1, 0.15) is 5.82 Å². The van der Waals surface area contributed by atoms with Crippen LogP contribution in [-0.2, 0) is 19.5 Å². The van der Waals surface area contributed by atoms with E-state index in [1.165, 1.54) is 35.4 Å². The molecule has 1 aromatic carbocycles. The van der Waals surface area contributed by atoms with Crippen LogP contribution in [0.25, 0.3) is 11.3 Å². The summed E-state index contributed by atoms with van der Waals surface area (Å²) in [6.45, 7) is 4.10. The fourth-order valence-electron chi connectivity index (χ4n) is 2.98. The normalized spacial score (nSPS) is 14.3. The van der Waals surface area contributed by atoms with Crippen LogP contribution in [0.2, 0.25) is 0 Å². The predicted octanol–water partition coefficient (Wildman–Crippen LogP) is 3.68. The fourth-order valence-corrected chi connectivity index (χ4v) is 3.34. The Morgan fingerprint density at radius 3 is 3.00 bits per heavy atom. The van der Waals surface area contributed by atoms with Crippen LogP contribution < -0.4 is 5.32 Å². The number of rotatable bonds is 3. The summed E-state index contributed by atoms with van der Waals surface area (Å²) in [6.07, 6.45) is 3.67. The molecule has 106 valence electrons. The summed E-state index contributed by atoms with van der Waals surface area (Å²) >= 11 is 3.58. The molecule has 0 atom stereocenters. The number of aromatic nitrogens is 2. The van der Waals surface area contributed by atoms with E-state index in [1.807, 2.05) is 7.05 Å². The van der Waals surface area contributed by atoms with E-state index in [1.54, 1.807) is 0 Å². The molecule has 2 heterocycles. The van der Waals surface area contributed by atoms with E-state index in [4.69, 9.17) is 4.98 Å². The Morgan fingerprint density at radius 2 is 2.20 bits per heavy atom. The van der Waals surface area contributed by atoms with E-state index in [9.17, 15) is 0 Å². The Kier molecular flexibility index (Phi) is 3.94. The van der Waals surface area contributed by atoms with Crippen molar-refractivity contribution < 1.29 is 0 Å². The highest BCUT2D eigenvalue weighted by atomic mass is 79.9. The van der Waals surface area contributed by atoms with Gasteiger partial charge in [0.05, 0.1) is 12.2 Å². The molecule has 1 N–H and O–H groups in total. The molecule has 0 unspecified atom stereocenters. The average molecular weight is 334 g/mol. The second-order valence-electron chi connectivity index (χ2n) is 5.42. The molecule has 4 heteroatoms. The lowest BCUT2D eigenvalue weighted by Gasteiger charge is -2.17. The van der Waals surface area contributed by atoms with Gasteiger partial charge >= 0.3 is 0 Å². The molecule has 1 aliphatic rings. The first-order valence-corrected chi connectivity index (χ1v) is 7.99. The van der Waals surface area contributed by atoms with Gasteiger partial charge in [0.25, 0.3) is 0 Å². The van der Waals surface area contributed by atoms with Crippen molar-refractivity contribution in [2.24, 2.45) is 0 Å². The SMILES string of the molecule is CNCc1nc(-c2cc(Br)ccc2C)c2n1CCCC2. The Morgan fingerprint density at radius 1 is 1.35 bits per heavy atom. The third kappa shape index (κ3) is 2.42. The third-order valence-corrected chi connectivity index (χ3v) is 4.48. The van der Waals surface area contributed by atoms with E-state index in [2.05, 4.69) is 50.9 Å². The van der Waals surface area contributed by atoms with Crippen LogP contribution in [0.4, 0.5) is 0 Å².